The second-order valence-corrected chi connectivity index (χ2v) is 3.33. The van der Waals surface area contributed by atoms with E-state index in [1.165, 1.54) is 0 Å². The van der Waals surface area contributed by atoms with Crippen molar-refractivity contribution in [2.45, 2.75) is 13.8 Å². The molecule has 0 unspecified atom stereocenters. The van der Waals surface area contributed by atoms with Crippen LogP contribution in [0.3, 0.4) is 0 Å². The van der Waals surface area contributed by atoms with Crippen LogP contribution in [0.1, 0.15) is 22.8 Å². The number of aryl methyl sites for hydroxylation is 1. The maximum Gasteiger partial charge on any atom is 0.151 e. The van der Waals surface area contributed by atoms with Crippen molar-refractivity contribution in [3.05, 3.63) is 23.4 Å². The highest BCUT2D eigenvalue weighted by Crippen LogP contribution is 2.16. The lowest BCUT2D eigenvalue weighted by atomic mass is 10.2. The highest BCUT2D eigenvalue weighted by atomic mass is 16.3. The molecule has 0 radical (unpaired) electrons. The number of aliphatic hydroxyl groups is 1. The van der Waals surface area contributed by atoms with Crippen LogP contribution >= 0.6 is 0 Å². The van der Waals surface area contributed by atoms with Gasteiger partial charge in [-0.25, -0.2) is 4.98 Å². The van der Waals surface area contributed by atoms with Crippen molar-refractivity contribution in [3.8, 4) is 0 Å². The monoisotopic (exact) mass is 208 g/mol. The first-order valence-corrected chi connectivity index (χ1v) is 5.00. The topological polar surface area (TPSA) is 53.4 Å². The molecule has 0 amide bonds. The van der Waals surface area contributed by atoms with Crippen LogP contribution in [0.2, 0.25) is 0 Å². The Hall–Kier alpha value is -1.42. The summed E-state index contributed by atoms with van der Waals surface area (Å²) in [6.45, 7) is 5.36. The van der Waals surface area contributed by atoms with E-state index in [-0.39, 0.29) is 6.61 Å². The second-order valence-electron chi connectivity index (χ2n) is 3.33. The average Bonchev–Trinajstić information content (AvgIpc) is 2.26. The summed E-state index contributed by atoms with van der Waals surface area (Å²) in [6.07, 6.45) is 2.33. The Balaban J connectivity index is 2.97. The van der Waals surface area contributed by atoms with Gasteiger partial charge in [-0.3, -0.25) is 4.79 Å². The van der Waals surface area contributed by atoms with Gasteiger partial charge < -0.3 is 10.0 Å². The first-order chi connectivity index (χ1) is 7.22. The summed E-state index contributed by atoms with van der Waals surface area (Å²) in [4.78, 5) is 16.7. The fraction of sp³-hybridized carbons (Fsp3) is 0.455. The number of hydrogen-bond acceptors (Lipinski definition) is 4. The molecule has 0 aliphatic rings. The first-order valence-electron chi connectivity index (χ1n) is 5.00. The summed E-state index contributed by atoms with van der Waals surface area (Å²) >= 11 is 0. The van der Waals surface area contributed by atoms with Gasteiger partial charge in [0.2, 0.25) is 0 Å². The van der Waals surface area contributed by atoms with Gasteiger partial charge in [0.15, 0.2) is 6.29 Å². The molecule has 1 N–H and O–H groups in total. The molecule has 0 atom stereocenters. The van der Waals surface area contributed by atoms with Crippen LogP contribution in [-0.2, 0) is 0 Å². The summed E-state index contributed by atoms with van der Waals surface area (Å²) < 4.78 is 0. The van der Waals surface area contributed by atoms with Gasteiger partial charge in [0.25, 0.3) is 0 Å². The van der Waals surface area contributed by atoms with Crippen LogP contribution in [0.15, 0.2) is 12.3 Å². The predicted octanol–water partition coefficient (Wildman–Crippen LogP) is 1.02. The van der Waals surface area contributed by atoms with Crippen molar-refractivity contribution in [1.29, 1.82) is 0 Å². The van der Waals surface area contributed by atoms with Gasteiger partial charge in [0, 0.05) is 24.8 Å². The van der Waals surface area contributed by atoms with Gasteiger partial charge in [-0.1, -0.05) is 0 Å². The van der Waals surface area contributed by atoms with E-state index in [0.29, 0.717) is 12.1 Å². The van der Waals surface area contributed by atoms with E-state index < -0.39 is 0 Å². The molecule has 82 valence electrons. The normalized spacial score (nSPS) is 10.1. The number of pyridine rings is 1. The fourth-order valence-electron chi connectivity index (χ4n) is 1.52. The Morgan fingerprint density at radius 1 is 1.60 bits per heavy atom. The summed E-state index contributed by atoms with van der Waals surface area (Å²) in [6, 6.07) is 1.80. The predicted molar refractivity (Wildman–Crippen MR) is 59.3 cm³/mol. The third-order valence-electron chi connectivity index (χ3n) is 2.26. The third kappa shape index (κ3) is 2.76. The lowest BCUT2D eigenvalue weighted by Crippen LogP contribution is -2.27. The number of aldehydes is 1. The first kappa shape index (κ1) is 11.7. The minimum Gasteiger partial charge on any atom is -0.395 e. The highest BCUT2D eigenvalue weighted by molar-refractivity contribution is 5.75. The molecule has 1 aromatic rings. The molecule has 0 fully saturated rings. The van der Waals surface area contributed by atoms with Gasteiger partial charge in [0.1, 0.15) is 5.82 Å². The van der Waals surface area contributed by atoms with Gasteiger partial charge in [-0.2, -0.15) is 0 Å². The summed E-state index contributed by atoms with van der Waals surface area (Å²) in [7, 11) is 0. The molecule has 0 saturated carbocycles. The van der Waals surface area contributed by atoms with Crippen molar-refractivity contribution in [1.82, 2.24) is 4.98 Å². The van der Waals surface area contributed by atoms with Crippen molar-refractivity contribution in [3.63, 3.8) is 0 Å². The molecule has 0 saturated heterocycles. The molecule has 1 aromatic heterocycles. The standard InChI is InChI=1S/C11H16N2O2/c1-3-13(4-5-14)11-9(2)6-10(8-15)7-12-11/h6-8,14H,3-5H2,1-2H3. The third-order valence-corrected chi connectivity index (χ3v) is 2.26. The van der Waals surface area contributed by atoms with Gasteiger partial charge >= 0.3 is 0 Å². The molecular formula is C11H16N2O2. The lowest BCUT2D eigenvalue weighted by Gasteiger charge is -2.22. The van der Waals surface area contributed by atoms with Crippen molar-refractivity contribution in [2.24, 2.45) is 0 Å². The maximum atomic E-state index is 10.5. The number of aromatic nitrogens is 1. The zero-order valence-corrected chi connectivity index (χ0v) is 9.10. The number of carbonyl (C=O) groups is 1. The molecule has 1 heterocycles. The number of likely N-dealkylation sites (N-methyl/N-ethyl adjacent to an activating group) is 1. The lowest BCUT2D eigenvalue weighted by molar-refractivity contribution is 0.112. The van der Waals surface area contributed by atoms with Crippen LogP contribution < -0.4 is 4.90 Å². The molecule has 0 aromatic carbocycles. The van der Waals surface area contributed by atoms with Crippen LogP contribution in [0, 0.1) is 6.92 Å². The summed E-state index contributed by atoms with van der Waals surface area (Å²) in [5.74, 6) is 0.831. The van der Waals surface area contributed by atoms with E-state index in [0.717, 1.165) is 24.2 Å². The van der Waals surface area contributed by atoms with Gasteiger partial charge in [0.05, 0.1) is 6.61 Å². The molecule has 0 bridgehead atoms. The Bertz CT molecular complexity index is 339. The highest BCUT2D eigenvalue weighted by Gasteiger charge is 2.08. The molecule has 0 spiro atoms. The van der Waals surface area contributed by atoms with Crippen molar-refractivity contribution in [2.75, 3.05) is 24.6 Å². The largest absolute Gasteiger partial charge is 0.395 e. The molecule has 4 heteroatoms. The van der Waals surface area contributed by atoms with Crippen LogP contribution in [0.4, 0.5) is 5.82 Å². The summed E-state index contributed by atoms with van der Waals surface area (Å²) in [5.41, 5.74) is 1.53. The van der Waals surface area contributed by atoms with E-state index in [1.54, 1.807) is 12.3 Å². The van der Waals surface area contributed by atoms with E-state index >= 15 is 0 Å². The quantitative estimate of drug-likeness (QED) is 0.734. The van der Waals surface area contributed by atoms with Crippen LogP contribution in [-0.4, -0.2) is 36.1 Å². The van der Waals surface area contributed by atoms with E-state index in [4.69, 9.17) is 5.11 Å². The minimum atomic E-state index is 0.102. The number of hydrogen-bond donors (Lipinski definition) is 1. The Morgan fingerprint density at radius 3 is 2.80 bits per heavy atom. The average molecular weight is 208 g/mol. The van der Waals surface area contributed by atoms with Gasteiger partial charge in [-0.05, 0) is 25.5 Å². The molecule has 1 rings (SSSR count). The number of anilines is 1. The van der Waals surface area contributed by atoms with Crippen LogP contribution in [0.5, 0.6) is 0 Å². The molecular weight excluding hydrogens is 192 g/mol. The number of aliphatic hydroxyl groups excluding tert-OH is 1. The number of rotatable bonds is 5. The second kappa shape index (κ2) is 5.46. The Kier molecular flexibility index (Phi) is 4.24. The van der Waals surface area contributed by atoms with Crippen molar-refractivity contribution >= 4 is 12.1 Å². The van der Waals surface area contributed by atoms with E-state index in [9.17, 15) is 4.79 Å². The summed E-state index contributed by atoms with van der Waals surface area (Å²) in [5, 5.41) is 8.90. The molecule has 15 heavy (non-hydrogen) atoms. The fourth-order valence-corrected chi connectivity index (χ4v) is 1.52. The zero-order chi connectivity index (χ0) is 11.3. The molecule has 0 aliphatic carbocycles. The molecule has 4 nitrogen and oxygen atoms in total. The number of nitrogens with zero attached hydrogens (tertiary/aromatic N) is 2. The van der Waals surface area contributed by atoms with E-state index in [1.807, 2.05) is 18.7 Å². The Morgan fingerprint density at radius 2 is 2.33 bits per heavy atom. The maximum absolute atomic E-state index is 10.5. The van der Waals surface area contributed by atoms with E-state index in [2.05, 4.69) is 4.98 Å². The SMILES string of the molecule is CCN(CCO)c1ncc(C=O)cc1C. The molecule has 0 aliphatic heterocycles. The minimum absolute atomic E-state index is 0.102. The van der Waals surface area contributed by atoms with Crippen LogP contribution in [0.25, 0.3) is 0 Å². The Labute approximate surface area is 89.6 Å². The van der Waals surface area contributed by atoms with Crippen molar-refractivity contribution < 1.29 is 9.90 Å². The number of carbonyl (C=O) groups excluding carboxylic acids is 1. The zero-order valence-electron chi connectivity index (χ0n) is 9.10. The smallest absolute Gasteiger partial charge is 0.151 e. The van der Waals surface area contributed by atoms with Gasteiger partial charge in [-0.15, -0.1) is 0 Å².